The zero-order chi connectivity index (χ0) is 20.2. The van der Waals surface area contributed by atoms with Gasteiger partial charge in [0, 0.05) is 33.9 Å². The summed E-state index contributed by atoms with van der Waals surface area (Å²) in [5.74, 6) is -0.589. The van der Waals surface area contributed by atoms with Crippen molar-refractivity contribution >= 4 is 22.5 Å². The number of aromatic nitrogens is 1. The summed E-state index contributed by atoms with van der Waals surface area (Å²) in [6, 6.07) is 12.1. The monoisotopic (exact) mass is 393 g/mol. The van der Waals surface area contributed by atoms with Crippen LogP contribution >= 0.6 is 0 Å². The number of aryl methyl sites for hydroxylation is 1. The summed E-state index contributed by atoms with van der Waals surface area (Å²) in [5, 5.41) is 7.78. The highest BCUT2D eigenvalue weighted by atomic mass is 19.1. The minimum absolute atomic E-state index is 0.239. The Morgan fingerprint density at radius 2 is 1.86 bits per heavy atom. The lowest BCUT2D eigenvalue weighted by Crippen LogP contribution is -2.32. The van der Waals surface area contributed by atoms with Crippen LogP contribution in [0.2, 0.25) is 0 Å². The molecule has 1 saturated carbocycles. The minimum Gasteiger partial charge on any atom is -0.358 e. The van der Waals surface area contributed by atoms with Crippen LogP contribution in [-0.4, -0.2) is 23.5 Å². The Kier molecular flexibility index (Phi) is 5.95. The summed E-state index contributed by atoms with van der Waals surface area (Å²) >= 11 is 0. The molecular weight excluding hydrogens is 365 g/mol. The van der Waals surface area contributed by atoms with Gasteiger partial charge in [0.25, 0.3) is 5.91 Å². The van der Waals surface area contributed by atoms with Gasteiger partial charge >= 0.3 is 0 Å². The molecular formula is C24H28FN3O. The molecule has 0 aliphatic heterocycles. The number of benzene rings is 2. The summed E-state index contributed by atoms with van der Waals surface area (Å²) in [7, 11) is 0. The predicted molar refractivity (Wildman–Crippen MR) is 116 cm³/mol. The second kappa shape index (κ2) is 8.78. The number of amides is 1. The molecule has 0 radical (unpaired) electrons. The zero-order valence-corrected chi connectivity index (χ0v) is 16.9. The Labute approximate surface area is 170 Å². The van der Waals surface area contributed by atoms with Gasteiger partial charge in [-0.25, -0.2) is 4.39 Å². The van der Waals surface area contributed by atoms with Crippen LogP contribution < -0.4 is 10.6 Å². The number of nitrogens with one attached hydrogen (secondary N) is 3. The van der Waals surface area contributed by atoms with Gasteiger partial charge in [0.1, 0.15) is 5.82 Å². The average molecular weight is 394 g/mol. The van der Waals surface area contributed by atoms with E-state index in [4.69, 9.17) is 0 Å². The number of carbonyl (C=O) groups is 1. The second-order valence-electron chi connectivity index (χ2n) is 7.99. The van der Waals surface area contributed by atoms with Gasteiger partial charge in [-0.15, -0.1) is 0 Å². The molecule has 2 aromatic carbocycles. The Morgan fingerprint density at radius 1 is 1.10 bits per heavy atom. The van der Waals surface area contributed by atoms with Crippen molar-refractivity contribution in [3.8, 4) is 0 Å². The molecule has 1 amide bonds. The van der Waals surface area contributed by atoms with Crippen LogP contribution in [0.15, 0.2) is 42.5 Å². The first-order valence-electron chi connectivity index (χ1n) is 10.5. The van der Waals surface area contributed by atoms with Crippen molar-refractivity contribution in [1.29, 1.82) is 0 Å². The third-order valence-electron chi connectivity index (χ3n) is 5.90. The SMILES string of the molecule is Cc1[nH]c2ccc(NC(=O)c3ccc(F)cc3)cc2c1CCNC1CCCCC1. The van der Waals surface area contributed by atoms with E-state index in [1.54, 1.807) is 0 Å². The van der Waals surface area contributed by atoms with Crippen LogP contribution in [0, 0.1) is 12.7 Å². The van der Waals surface area contributed by atoms with E-state index in [2.05, 4.69) is 22.5 Å². The maximum atomic E-state index is 13.1. The normalized spacial score (nSPS) is 15.0. The number of H-pyrrole nitrogens is 1. The summed E-state index contributed by atoms with van der Waals surface area (Å²) in [6.45, 7) is 3.07. The van der Waals surface area contributed by atoms with E-state index in [9.17, 15) is 9.18 Å². The predicted octanol–water partition coefficient (Wildman–Crippen LogP) is 5.33. The summed E-state index contributed by atoms with van der Waals surface area (Å²) < 4.78 is 13.1. The van der Waals surface area contributed by atoms with E-state index in [0.29, 0.717) is 11.6 Å². The molecule has 1 heterocycles. The van der Waals surface area contributed by atoms with Crippen LogP contribution in [0.25, 0.3) is 10.9 Å². The molecule has 5 heteroatoms. The fraction of sp³-hybridized carbons (Fsp3) is 0.375. The van der Waals surface area contributed by atoms with Gasteiger partial charge in [-0.05, 0) is 80.8 Å². The van der Waals surface area contributed by atoms with E-state index in [1.807, 2.05) is 18.2 Å². The molecule has 3 aromatic rings. The molecule has 1 aliphatic rings. The molecule has 0 spiro atoms. The van der Waals surface area contributed by atoms with Crippen molar-refractivity contribution in [2.24, 2.45) is 0 Å². The first-order valence-corrected chi connectivity index (χ1v) is 10.5. The molecule has 4 nitrogen and oxygen atoms in total. The highest BCUT2D eigenvalue weighted by Gasteiger charge is 2.14. The average Bonchev–Trinajstić information content (AvgIpc) is 3.04. The number of aromatic amines is 1. The van der Waals surface area contributed by atoms with Crippen LogP contribution in [-0.2, 0) is 6.42 Å². The fourth-order valence-electron chi connectivity index (χ4n) is 4.29. The lowest BCUT2D eigenvalue weighted by molar-refractivity contribution is 0.102. The molecule has 1 aromatic heterocycles. The highest BCUT2D eigenvalue weighted by Crippen LogP contribution is 2.26. The second-order valence-corrected chi connectivity index (χ2v) is 7.99. The van der Waals surface area contributed by atoms with Gasteiger partial charge in [0.15, 0.2) is 0 Å². The van der Waals surface area contributed by atoms with Crippen molar-refractivity contribution in [1.82, 2.24) is 10.3 Å². The summed E-state index contributed by atoms with van der Waals surface area (Å²) in [4.78, 5) is 15.9. The van der Waals surface area contributed by atoms with Crippen LogP contribution in [0.1, 0.15) is 53.7 Å². The maximum Gasteiger partial charge on any atom is 0.255 e. The van der Waals surface area contributed by atoms with Crippen molar-refractivity contribution < 1.29 is 9.18 Å². The molecule has 0 atom stereocenters. The van der Waals surface area contributed by atoms with E-state index < -0.39 is 0 Å². The zero-order valence-electron chi connectivity index (χ0n) is 16.9. The summed E-state index contributed by atoms with van der Waals surface area (Å²) in [6.07, 6.45) is 7.56. The van der Waals surface area contributed by atoms with Gasteiger partial charge in [-0.3, -0.25) is 4.79 Å². The number of hydrogen-bond acceptors (Lipinski definition) is 2. The molecule has 152 valence electrons. The van der Waals surface area contributed by atoms with Crippen LogP contribution in [0.5, 0.6) is 0 Å². The van der Waals surface area contributed by atoms with Crippen LogP contribution in [0.4, 0.5) is 10.1 Å². The van der Waals surface area contributed by atoms with Gasteiger partial charge < -0.3 is 15.6 Å². The third kappa shape index (κ3) is 4.67. The fourth-order valence-corrected chi connectivity index (χ4v) is 4.29. The van der Waals surface area contributed by atoms with E-state index in [0.717, 1.165) is 29.6 Å². The van der Waals surface area contributed by atoms with Gasteiger partial charge in [-0.2, -0.15) is 0 Å². The van der Waals surface area contributed by atoms with Crippen molar-refractivity contribution in [3.05, 3.63) is 65.1 Å². The number of halogens is 1. The quantitative estimate of drug-likeness (QED) is 0.530. The lowest BCUT2D eigenvalue weighted by Gasteiger charge is -2.22. The van der Waals surface area contributed by atoms with E-state index in [1.165, 1.54) is 67.6 Å². The van der Waals surface area contributed by atoms with Crippen molar-refractivity contribution in [2.45, 2.75) is 51.5 Å². The number of carbonyl (C=O) groups excluding carboxylic acids is 1. The molecule has 3 N–H and O–H groups in total. The Morgan fingerprint density at radius 3 is 2.62 bits per heavy atom. The van der Waals surface area contributed by atoms with Gasteiger partial charge in [0.05, 0.1) is 0 Å². The number of anilines is 1. The van der Waals surface area contributed by atoms with Crippen molar-refractivity contribution in [3.63, 3.8) is 0 Å². The molecule has 0 unspecified atom stereocenters. The topological polar surface area (TPSA) is 56.9 Å². The number of hydrogen-bond donors (Lipinski definition) is 3. The molecule has 4 rings (SSSR count). The van der Waals surface area contributed by atoms with E-state index >= 15 is 0 Å². The molecule has 1 aliphatic carbocycles. The Bertz CT molecular complexity index is 987. The van der Waals surface area contributed by atoms with Crippen LogP contribution in [0.3, 0.4) is 0 Å². The van der Waals surface area contributed by atoms with Crippen molar-refractivity contribution in [2.75, 3.05) is 11.9 Å². The first kappa shape index (κ1) is 19.6. The summed E-state index contributed by atoms with van der Waals surface area (Å²) in [5.41, 5.74) is 4.73. The number of rotatable bonds is 6. The largest absolute Gasteiger partial charge is 0.358 e. The lowest BCUT2D eigenvalue weighted by atomic mass is 9.95. The van der Waals surface area contributed by atoms with Gasteiger partial charge in [-0.1, -0.05) is 19.3 Å². The minimum atomic E-state index is -0.350. The van der Waals surface area contributed by atoms with E-state index in [-0.39, 0.29) is 11.7 Å². The smallest absolute Gasteiger partial charge is 0.255 e. The molecule has 1 fully saturated rings. The van der Waals surface area contributed by atoms with Gasteiger partial charge in [0.2, 0.25) is 0 Å². The third-order valence-corrected chi connectivity index (χ3v) is 5.90. The number of fused-ring (bicyclic) bond motifs is 1. The Balaban J connectivity index is 1.46. The molecule has 29 heavy (non-hydrogen) atoms. The maximum absolute atomic E-state index is 13.1. The molecule has 0 saturated heterocycles. The first-order chi connectivity index (χ1) is 14.1. The Hall–Kier alpha value is -2.66. The highest BCUT2D eigenvalue weighted by molar-refractivity contribution is 6.05. The standard InChI is InChI=1S/C24H28FN3O/c1-16-21(13-14-26-19-5-3-2-4-6-19)22-15-20(11-12-23(22)27-16)28-24(29)17-7-9-18(25)10-8-17/h7-12,15,19,26-27H,2-6,13-14H2,1H3,(H,28,29). The molecule has 0 bridgehead atoms.